The van der Waals surface area contributed by atoms with Crippen LogP contribution < -0.4 is 0 Å². The minimum Gasteiger partial charge on any atom is -0.381 e. The van der Waals surface area contributed by atoms with E-state index in [4.69, 9.17) is 15.4 Å². The number of ether oxygens (including phenoxy) is 1. The molecule has 1 aliphatic rings. The summed E-state index contributed by atoms with van der Waals surface area (Å²) in [6, 6.07) is 6.35. The van der Waals surface area contributed by atoms with Gasteiger partial charge in [-0.3, -0.25) is 0 Å². The first-order valence-corrected chi connectivity index (χ1v) is 8.10. The largest absolute Gasteiger partial charge is 0.381 e. The molecule has 18 heavy (non-hydrogen) atoms. The molecule has 1 fully saturated rings. The van der Waals surface area contributed by atoms with Gasteiger partial charge in [0.05, 0.1) is 11.9 Å². The Kier molecular flexibility index (Phi) is 4.25. The SMILES string of the molecule is O=S(=O)(Cl)[C@H]1CCOC[C@@H]1Cc1ccccc1F. The second-order valence-electron chi connectivity index (χ2n) is 4.43. The van der Waals surface area contributed by atoms with E-state index in [-0.39, 0.29) is 11.7 Å². The van der Waals surface area contributed by atoms with Gasteiger partial charge in [0.15, 0.2) is 0 Å². The number of hydrogen-bond acceptors (Lipinski definition) is 3. The number of rotatable bonds is 3. The minimum atomic E-state index is -3.64. The van der Waals surface area contributed by atoms with Crippen LogP contribution in [0, 0.1) is 11.7 Å². The lowest BCUT2D eigenvalue weighted by atomic mass is 9.93. The fraction of sp³-hybridized carbons (Fsp3) is 0.500. The fourth-order valence-electron chi connectivity index (χ4n) is 2.28. The Balaban J connectivity index is 2.18. The first-order chi connectivity index (χ1) is 8.48. The average Bonchev–Trinajstić information content (AvgIpc) is 2.31. The first-order valence-electron chi connectivity index (χ1n) is 5.73. The van der Waals surface area contributed by atoms with Gasteiger partial charge in [-0.2, -0.15) is 0 Å². The number of hydrogen-bond donors (Lipinski definition) is 0. The zero-order valence-corrected chi connectivity index (χ0v) is 11.3. The monoisotopic (exact) mass is 292 g/mol. The molecule has 1 aliphatic heterocycles. The standard InChI is InChI=1S/C12H14ClFO3S/c13-18(15,16)12-5-6-17-8-10(12)7-9-3-1-2-4-11(9)14/h1-4,10,12H,5-8H2/t10-,12-/m0/s1. The van der Waals surface area contributed by atoms with Crippen molar-refractivity contribution in [2.24, 2.45) is 5.92 Å². The molecule has 1 aromatic carbocycles. The lowest BCUT2D eigenvalue weighted by Crippen LogP contribution is -2.37. The highest BCUT2D eigenvalue weighted by Crippen LogP contribution is 2.28. The highest BCUT2D eigenvalue weighted by molar-refractivity contribution is 8.14. The zero-order valence-electron chi connectivity index (χ0n) is 9.68. The van der Waals surface area contributed by atoms with Gasteiger partial charge in [-0.25, -0.2) is 12.8 Å². The lowest BCUT2D eigenvalue weighted by Gasteiger charge is -2.29. The van der Waals surface area contributed by atoms with Crippen LogP contribution in [0.4, 0.5) is 4.39 Å². The van der Waals surface area contributed by atoms with E-state index < -0.39 is 14.3 Å². The summed E-state index contributed by atoms with van der Waals surface area (Å²) < 4.78 is 41.8. The van der Waals surface area contributed by atoms with Crippen LogP contribution in [0.15, 0.2) is 24.3 Å². The van der Waals surface area contributed by atoms with E-state index in [1.165, 1.54) is 6.07 Å². The van der Waals surface area contributed by atoms with E-state index in [1.54, 1.807) is 18.2 Å². The third kappa shape index (κ3) is 3.22. The fourth-order valence-corrected chi connectivity index (χ4v) is 4.00. The molecule has 0 saturated carbocycles. The summed E-state index contributed by atoms with van der Waals surface area (Å²) in [6.07, 6.45) is 0.689. The third-order valence-corrected chi connectivity index (χ3v) is 5.24. The summed E-state index contributed by atoms with van der Waals surface area (Å²) in [5.74, 6) is -0.619. The molecule has 1 aromatic rings. The van der Waals surface area contributed by atoms with Crippen LogP contribution in [0.3, 0.4) is 0 Å². The van der Waals surface area contributed by atoms with Crippen LogP contribution in [0.5, 0.6) is 0 Å². The molecular weight excluding hydrogens is 279 g/mol. The van der Waals surface area contributed by atoms with Crippen molar-refractivity contribution in [2.75, 3.05) is 13.2 Å². The smallest absolute Gasteiger partial charge is 0.235 e. The molecule has 0 spiro atoms. The summed E-state index contributed by atoms with van der Waals surface area (Å²) in [5, 5.41) is -0.660. The van der Waals surface area contributed by atoms with Gasteiger partial charge in [-0.15, -0.1) is 0 Å². The topological polar surface area (TPSA) is 43.4 Å². The van der Waals surface area contributed by atoms with Crippen LogP contribution in [-0.2, 0) is 20.2 Å². The molecule has 1 heterocycles. The van der Waals surface area contributed by atoms with Crippen molar-refractivity contribution in [3.8, 4) is 0 Å². The molecule has 6 heteroatoms. The van der Waals surface area contributed by atoms with E-state index in [9.17, 15) is 12.8 Å². The predicted octanol–water partition coefficient (Wildman–Crippen LogP) is 2.34. The maximum absolute atomic E-state index is 13.5. The van der Waals surface area contributed by atoms with Crippen molar-refractivity contribution in [3.05, 3.63) is 35.6 Å². The molecular formula is C12H14ClFO3S. The van der Waals surface area contributed by atoms with E-state index in [2.05, 4.69) is 0 Å². The summed E-state index contributed by atoms with van der Waals surface area (Å²) in [4.78, 5) is 0. The molecule has 0 aliphatic carbocycles. The van der Waals surface area contributed by atoms with Crippen LogP contribution >= 0.6 is 10.7 Å². The first kappa shape index (κ1) is 13.8. The summed E-state index contributed by atoms with van der Waals surface area (Å²) in [5.41, 5.74) is 0.498. The minimum absolute atomic E-state index is 0.293. The Hall–Kier alpha value is -0.650. The molecule has 2 rings (SSSR count). The molecule has 0 N–H and O–H groups in total. The summed E-state index contributed by atoms with van der Waals surface area (Å²) >= 11 is 0. The van der Waals surface area contributed by atoms with Crippen LogP contribution in [0.1, 0.15) is 12.0 Å². The third-order valence-electron chi connectivity index (χ3n) is 3.21. The van der Waals surface area contributed by atoms with Gasteiger partial charge in [0, 0.05) is 23.2 Å². The van der Waals surface area contributed by atoms with E-state index >= 15 is 0 Å². The van der Waals surface area contributed by atoms with Gasteiger partial charge >= 0.3 is 0 Å². The summed E-state index contributed by atoms with van der Waals surface area (Å²) in [6.45, 7) is 0.676. The van der Waals surface area contributed by atoms with E-state index in [0.717, 1.165) is 0 Å². The maximum atomic E-state index is 13.5. The van der Waals surface area contributed by atoms with Crippen molar-refractivity contribution in [2.45, 2.75) is 18.1 Å². The predicted molar refractivity (Wildman–Crippen MR) is 67.6 cm³/mol. The zero-order chi connectivity index (χ0) is 13.2. The van der Waals surface area contributed by atoms with Gasteiger partial charge in [0.25, 0.3) is 0 Å². The summed E-state index contributed by atoms with van der Waals surface area (Å²) in [7, 11) is 1.80. The molecule has 2 atom stereocenters. The molecule has 0 aromatic heterocycles. The Bertz CT molecular complexity index is 518. The van der Waals surface area contributed by atoms with E-state index in [0.29, 0.717) is 31.6 Å². The molecule has 100 valence electrons. The second kappa shape index (κ2) is 5.55. The Morgan fingerprint density at radius 3 is 2.78 bits per heavy atom. The average molecular weight is 293 g/mol. The van der Waals surface area contributed by atoms with Crippen LogP contribution in [-0.4, -0.2) is 26.9 Å². The molecule has 1 saturated heterocycles. The van der Waals surface area contributed by atoms with E-state index in [1.807, 2.05) is 0 Å². The highest BCUT2D eigenvalue weighted by atomic mass is 35.7. The lowest BCUT2D eigenvalue weighted by molar-refractivity contribution is 0.0574. The Morgan fingerprint density at radius 2 is 2.11 bits per heavy atom. The molecule has 0 amide bonds. The van der Waals surface area contributed by atoms with Gasteiger partial charge in [-0.05, 0) is 24.5 Å². The van der Waals surface area contributed by atoms with Crippen molar-refractivity contribution >= 4 is 19.7 Å². The molecule has 0 bridgehead atoms. The van der Waals surface area contributed by atoms with Crippen molar-refractivity contribution in [1.29, 1.82) is 0 Å². The molecule has 0 unspecified atom stereocenters. The Labute approximate surface area is 110 Å². The van der Waals surface area contributed by atoms with Crippen molar-refractivity contribution in [1.82, 2.24) is 0 Å². The van der Waals surface area contributed by atoms with Crippen LogP contribution in [0.2, 0.25) is 0 Å². The quantitative estimate of drug-likeness (QED) is 0.803. The molecule has 3 nitrogen and oxygen atoms in total. The maximum Gasteiger partial charge on any atom is 0.235 e. The highest BCUT2D eigenvalue weighted by Gasteiger charge is 2.35. The normalized spacial score (nSPS) is 25.0. The second-order valence-corrected chi connectivity index (χ2v) is 7.28. The molecule has 0 radical (unpaired) electrons. The van der Waals surface area contributed by atoms with Crippen LogP contribution in [0.25, 0.3) is 0 Å². The van der Waals surface area contributed by atoms with Crippen molar-refractivity contribution < 1.29 is 17.5 Å². The Morgan fingerprint density at radius 1 is 1.39 bits per heavy atom. The number of halogens is 2. The van der Waals surface area contributed by atoms with Gasteiger partial charge in [-0.1, -0.05) is 18.2 Å². The van der Waals surface area contributed by atoms with Gasteiger partial charge in [0.1, 0.15) is 5.82 Å². The number of benzene rings is 1. The van der Waals surface area contributed by atoms with Gasteiger partial charge in [0.2, 0.25) is 9.05 Å². The van der Waals surface area contributed by atoms with Crippen molar-refractivity contribution in [3.63, 3.8) is 0 Å². The van der Waals surface area contributed by atoms with Gasteiger partial charge < -0.3 is 4.74 Å².